The predicted molar refractivity (Wildman–Crippen MR) is 77.4 cm³/mol. The summed E-state index contributed by atoms with van der Waals surface area (Å²) in [6.07, 6.45) is 4.20. The number of carbonyl (C=O) groups is 1. The molecule has 0 amide bonds. The van der Waals surface area contributed by atoms with Crippen molar-refractivity contribution in [2.45, 2.75) is 32.1 Å². The number of benzene rings is 1. The molecule has 0 aromatic heterocycles. The van der Waals surface area contributed by atoms with E-state index in [0.717, 1.165) is 42.4 Å². The molecule has 7 nitrogen and oxygen atoms in total. The van der Waals surface area contributed by atoms with Crippen molar-refractivity contribution < 1.29 is 27.3 Å². The molecule has 0 radical (unpaired) electrons. The van der Waals surface area contributed by atoms with Crippen LogP contribution in [0.1, 0.15) is 37.7 Å². The minimum absolute atomic E-state index is 0.115. The van der Waals surface area contributed by atoms with E-state index in [4.69, 9.17) is 14.1 Å². The third kappa shape index (κ3) is 3.29. The van der Waals surface area contributed by atoms with Gasteiger partial charge in [-0.3, -0.25) is 9.35 Å². The van der Waals surface area contributed by atoms with Gasteiger partial charge in [0.05, 0.1) is 6.42 Å². The van der Waals surface area contributed by atoms with Crippen LogP contribution in [0.2, 0.25) is 0 Å². The monoisotopic (exact) mass is 325 g/mol. The summed E-state index contributed by atoms with van der Waals surface area (Å²) in [5.41, 5.74) is 3.07. The Morgan fingerprint density at radius 1 is 1.23 bits per heavy atom. The SMILES string of the molecule is O=C1CC2=C(CCCC2)c2ccc(ONS(=O)(=O)O)cc2O1. The van der Waals surface area contributed by atoms with Crippen LogP contribution in [0, 0.1) is 0 Å². The zero-order valence-corrected chi connectivity index (χ0v) is 12.5. The lowest BCUT2D eigenvalue weighted by atomic mass is 9.86. The quantitative estimate of drug-likeness (QED) is 0.381. The molecule has 0 bridgehead atoms. The summed E-state index contributed by atoms with van der Waals surface area (Å²) in [4.78, 5) is 18.1. The number of nitrogens with one attached hydrogen (secondary N) is 1. The predicted octanol–water partition coefficient (Wildman–Crippen LogP) is 2.01. The fourth-order valence-electron chi connectivity index (χ4n) is 2.82. The standard InChI is InChI=1S/C14H15NO6S/c16-14-7-9-3-1-2-4-11(9)12-6-5-10(8-13(12)20-14)21-15-22(17,18)19/h5-6,8,15H,1-4,7H2,(H,17,18,19). The molecule has 0 saturated heterocycles. The van der Waals surface area contributed by atoms with Crippen molar-refractivity contribution in [2.24, 2.45) is 0 Å². The van der Waals surface area contributed by atoms with Crippen molar-refractivity contribution in [3.05, 3.63) is 29.3 Å². The summed E-state index contributed by atoms with van der Waals surface area (Å²) in [5, 5.41) is 0. The minimum atomic E-state index is -4.47. The molecule has 2 aliphatic rings. The third-order valence-electron chi connectivity index (χ3n) is 3.71. The molecule has 2 N–H and O–H groups in total. The zero-order valence-electron chi connectivity index (χ0n) is 11.7. The summed E-state index contributed by atoms with van der Waals surface area (Å²) in [6.45, 7) is 0. The molecule has 22 heavy (non-hydrogen) atoms. The van der Waals surface area contributed by atoms with Crippen LogP contribution in [0.4, 0.5) is 0 Å². The molecule has 1 heterocycles. The van der Waals surface area contributed by atoms with Gasteiger partial charge in [-0.1, -0.05) is 5.57 Å². The Labute approximate surface area is 127 Å². The van der Waals surface area contributed by atoms with Gasteiger partial charge in [0.2, 0.25) is 0 Å². The second-order valence-corrected chi connectivity index (χ2v) is 6.38. The van der Waals surface area contributed by atoms with Gasteiger partial charge in [-0.05, 0) is 48.3 Å². The van der Waals surface area contributed by atoms with Crippen molar-refractivity contribution >= 4 is 21.8 Å². The summed E-state index contributed by atoms with van der Waals surface area (Å²) in [5.74, 6) is 0.114. The lowest BCUT2D eigenvalue weighted by Crippen LogP contribution is -2.26. The maximum atomic E-state index is 11.9. The Kier molecular flexibility index (Phi) is 3.90. The van der Waals surface area contributed by atoms with Gasteiger partial charge in [0, 0.05) is 11.6 Å². The molecular weight excluding hydrogens is 310 g/mol. The van der Waals surface area contributed by atoms with Crippen LogP contribution in [-0.2, 0) is 15.1 Å². The Morgan fingerprint density at radius 2 is 2.00 bits per heavy atom. The van der Waals surface area contributed by atoms with Crippen LogP contribution < -0.4 is 14.5 Å². The molecule has 118 valence electrons. The first kappa shape index (κ1) is 15.0. The van der Waals surface area contributed by atoms with Crippen LogP contribution in [0.5, 0.6) is 11.5 Å². The maximum absolute atomic E-state index is 11.9. The third-order valence-corrected chi connectivity index (χ3v) is 4.00. The summed E-state index contributed by atoms with van der Waals surface area (Å²) in [6, 6.07) is 4.71. The number of ether oxygens (including phenoxy) is 1. The average molecular weight is 325 g/mol. The number of esters is 1. The van der Waals surface area contributed by atoms with Gasteiger partial charge in [-0.2, -0.15) is 8.42 Å². The van der Waals surface area contributed by atoms with E-state index in [9.17, 15) is 13.2 Å². The van der Waals surface area contributed by atoms with Gasteiger partial charge >= 0.3 is 16.3 Å². The number of hydrogen-bond acceptors (Lipinski definition) is 5. The lowest BCUT2D eigenvalue weighted by Gasteiger charge is -2.18. The van der Waals surface area contributed by atoms with Gasteiger partial charge in [0.1, 0.15) is 5.75 Å². The number of fused-ring (bicyclic) bond motifs is 2. The first-order valence-electron chi connectivity index (χ1n) is 6.89. The van der Waals surface area contributed by atoms with E-state index in [1.54, 1.807) is 12.1 Å². The number of allylic oxidation sites excluding steroid dienone is 1. The van der Waals surface area contributed by atoms with E-state index < -0.39 is 10.3 Å². The molecule has 8 heteroatoms. The van der Waals surface area contributed by atoms with Crippen molar-refractivity contribution in [1.29, 1.82) is 0 Å². The van der Waals surface area contributed by atoms with Crippen LogP contribution >= 0.6 is 0 Å². The normalized spacial score (nSPS) is 18.1. The highest BCUT2D eigenvalue weighted by Crippen LogP contribution is 2.41. The molecular formula is C14H15NO6S. The molecule has 0 saturated carbocycles. The molecule has 1 aliphatic carbocycles. The molecule has 0 atom stereocenters. The van der Waals surface area contributed by atoms with Gasteiger partial charge in [-0.15, -0.1) is 0 Å². The topological polar surface area (TPSA) is 102 Å². The van der Waals surface area contributed by atoms with E-state index >= 15 is 0 Å². The highest BCUT2D eigenvalue weighted by atomic mass is 32.2. The first-order chi connectivity index (χ1) is 10.4. The van der Waals surface area contributed by atoms with Crippen LogP contribution in [-0.4, -0.2) is 18.9 Å². The fraction of sp³-hybridized carbons (Fsp3) is 0.357. The summed E-state index contributed by atoms with van der Waals surface area (Å²) >= 11 is 0. The molecule has 1 aromatic carbocycles. The summed E-state index contributed by atoms with van der Waals surface area (Å²) < 4.78 is 35.2. The van der Waals surface area contributed by atoms with E-state index in [-0.39, 0.29) is 18.1 Å². The van der Waals surface area contributed by atoms with Crippen LogP contribution in [0.15, 0.2) is 23.8 Å². The van der Waals surface area contributed by atoms with Crippen molar-refractivity contribution in [2.75, 3.05) is 0 Å². The van der Waals surface area contributed by atoms with Crippen LogP contribution in [0.3, 0.4) is 0 Å². The van der Waals surface area contributed by atoms with E-state index in [0.29, 0.717) is 5.75 Å². The van der Waals surface area contributed by atoms with Crippen LogP contribution in [0.25, 0.3) is 5.57 Å². The van der Waals surface area contributed by atoms with Crippen molar-refractivity contribution in [1.82, 2.24) is 4.89 Å². The van der Waals surface area contributed by atoms with E-state index in [2.05, 4.69) is 0 Å². The Morgan fingerprint density at radius 3 is 2.77 bits per heavy atom. The lowest BCUT2D eigenvalue weighted by molar-refractivity contribution is -0.133. The van der Waals surface area contributed by atoms with E-state index in [1.165, 1.54) is 11.0 Å². The highest BCUT2D eigenvalue weighted by Gasteiger charge is 2.25. The van der Waals surface area contributed by atoms with Gasteiger partial charge < -0.3 is 9.57 Å². The smallest absolute Gasteiger partial charge is 0.364 e. The highest BCUT2D eigenvalue weighted by molar-refractivity contribution is 7.83. The molecule has 3 rings (SSSR count). The zero-order chi connectivity index (χ0) is 15.7. The van der Waals surface area contributed by atoms with Crippen molar-refractivity contribution in [3.63, 3.8) is 0 Å². The van der Waals surface area contributed by atoms with Gasteiger partial charge in [-0.25, -0.2) is 0 Å². The second-order valence-electron chi connectivity index (χ2n) is 5.26. The molecule has 1 aromatic rings. The molecule has 0 spiro atoms. The largest absolute Gasteiger partial charge is 0.425 e. The van der Waals surface area contributed by atoms with Crippen molar-refractivity contribution in [3.8, 4) is 11.5 Å². The van der Waals surface area contributed by atoms with Gasteiger partial charge in [0.25, 0.3) is 0 Å². The number of rotatable bonds is 3. The Bertz CT molecular complexity index is 753. The minimum Gasteiger partial charge on any atom is -0.425 e. The first-order valence-corrected chi connectivity index (χ1v) is 8.33. The summed E-state index contributed by atoms with van der Waals surface area (Å²) in [7, 11) is -4.47. The number of carbonyl (C=O) groups excluding carboxylic acids is 1. The second kappa shape index (κ2) is 5.71. The average Bonchev–Trinajstić information content (AvgIpc) is 2.59. The fourth-order valence-corrected chi connectivity index (χ4v) is 3.02. The number of hydrogen-bond donors (Lipinski definition) is 2. The van der Waals surface area contributed by atoms with Gasteiger partial charge in [0.15, 0.2) is 5.75 Å². The Hall–Kier alpha value is -1.90. The molecule has 0 fully saturated rings. The Balaban J connectivity index is 1.95. The maximum Gasteiger partial charge on any atom is 0.364 e. The molecule has 1 aliphatic heterocycles. The molecule has 0 unspecified atom stereocenters. The van der Waals surface area contributed by atoms with E-state index in [1.807, 2.05) is 0 Å².